The van der Waals surface area contributed by atoms with Gasteiger partial charge in [0.15, 0.2) is 0 Å². The van der Waals surface area contributed by atoms with Crippen LogP contribution in [-0.4, -0.2) is 0 Å². The van der Waals surface area contributed by atoms with Gasteiger partial charge in [-0.2, -0.15) is 0 Å². The molecule has 32 heavy (non-hydrogen) atoms. The molecule has 0 N–H and O–H groups in total. The van der Waals surface area contributed by atoms with Gasteiger partial charge in [0.1, 0.15) is 11.2 Å². The molecule has 2 heteroatoms. The van der Waals surface area contributed by atoms with Crippen molar-refractivity contribution in [2.24, 2.45) is 0 Å². The van der Waals surface area contributed by atoms with E-state index in [-0.39, 0.29) is 0 Å². The Morgan fingerprint density at radius 3 is 1.12 bits per heavy atom. The van der Waals surface area contributed by atoms with Crippen molar-refractivity contribution < 1.29 is 4.42 Å². The molecule has 0 aliphatic rings. The van der Waals surface area contributed by atoms with Gasteiger partial charge in [0.25, 0.3) is 0 Å². The van der Waals surface area contributed by atoms with Gasteiger partial charge in [0, 0.05) is 30.9 Å². The van der Waals surface area contributed by atoms with Crippen LogP contribution in [0.2, 0.25) is 0 Å². The van der Waals surface area contributed by atoms with E-state index in [1.165, 1.54) is 30.9 Å². The largest absolute Gasteiger partial charge is 0.456 e. The average Bonchev–Trinajstić information content (AvgIpc) is 3.44. The van der Waals surface area contributed by atoms with Crippen molar-refractivity contribution >= 4 is 53.4 Å². The first-order valence-corrected chi connectivity index (χ1v) is 11.4. The maximum atomic E-state index is 5.65. The first-order chi connectivity index (χ1) is 15.9. The topological polar surface area (TPSA) is 13.1 Å². The van der Waals surface area contributed by atoms with E-state index in [0.717, 1.165) is 11.2 Å². The molecule has 0 aliphatic carbocycles. The van der Waals surface area contributed by atoms with Crippen molar-refractivity contribution in [3.63, 3.8) is 0 Å². The van der Waals surface area contributed by atoms with Crippen LogP contribution in [0.4, 0.5) is 0 Å². The Bertz CT molecular complexity index is 1340. The number of thiophene rings is 1. The predicted molar refractivity (Wildman–Crippen MR) is 139 cm³/mol. The molecule has 0 atom stereocenters. The number of benzene rings is 5. The molecule has 0 unspecified atom stereocenters. The average molecular weight is 431 g/mol. The van der Waals surface area contributed by atoms with Crippen molar-refractivity contribution in [2.75, 3.05) is 0 Å². The fourth-order valence-electron chi connectivity index (χ4n) is 3.73. The van der Waals surface area contributed by atoms with Crippen LogP contribution in [0, 0.1) is 0 Å². The molecule has 0 saturated carbocycles. The van der Waals surface area contributed by atoms with E-state index in [9.17, 15) is 0 Å². The summed E-state index contributed by atoms with van der Waals surface area (Å²) in [5, 5.41) is 5.14. The molecular formula is C30H22OS. The summed E-state index contributed by atoms with van der Waals surface area (Å²) in [6.07, 6.45) is 0. The number of rotatable bonds is 0. The van der Waals surface area contributed by atoms with Crippen LogP contribution in [0.3, 0.4) is 0 Å². The number of furan rings is 1. The second-order valence-corrected chi connectivity index (χ2v) is 8.43. The van der Waals surface area contributed by atoms with Crippen LogP contribution in [0.1, 0.15) is 0 Å². The van der Waals surface area contributed by atoms with Crippen molar-refractivity contribution in [3.05, 3.63) is 133 Å². The third kappa shape index (κ3) is 4.27. The first kappa shape index (κ1) is 20.0. The van der Waals surface area contributed by atoms with Gasteiger partial charge in [0.2, 0.25) is 0 Å². The Morgan fingerprint density at radius 1 is 0.344 bits per heavy atom. The third-order valence-corrected chi connectivity index (χ3v) is 6.39. The summed E-state index contributed by atoms with van der Waals surface area (Å²) in [5.74, 6) is 0. The minimum atomic E-state index is 0.962. The Morgan fingerprint density at radius 2 is 0.688 bits per heavy atom. The zero-order valence-corrected chi connectivity index (χ0v) is 18.3. The zero-order chi connectivity index (χ0) is 21.6. The van der Waals surface area contributed by atoms with Crippen molar-refractivity contribution in [1.82, 2.24) is 0 Å². The van der Waals surface area contributed by atoms with E-state index in [0.29, 0.717) is 0 Å². The highest BCUT2D eigenvalue weighted by atomic mass is 32.1. The number of para-hydroxylation sites is 2. The fourth-order valence-corrected chi connectivity index (χ4v) is 4.84. The van der Waals surface area contributed by atoms with Crippen molar-refractivity contribution in [1.29, 1.82) is 0 Å². The predicted octanol–water partition coefficient (Wildman–Crippen LogP) is 9.33. The molecule has 0 aliphatic heterocycles. The highest BCUT2D eigenvalue weighted by Crippen LogP contribution is 2.33. The van der Waals surface area contributed by atoms with E-state index in [4.69, 9.17) is 4.42 Å². The van der Waals surface area contributed by atoms with Crippen LogP contribution < -0.4 is 0 Å². The summed E-state index contributed by atoms with van der Waals surface area (Å²) < 4.78 is 8.41. The van der Waals surface area contributed by atoms with E-state index in [1.54, 1.807) is 0 Å². The van der Waals surface area contributed by atoms with Gasteiger partial charge >= 0.3 is 0 Å². The number of hydrogen-bond acceptors (Lipinski definition) is 2. The Hall–Kier alpha value is -3.88. The smallest absolute Gasteiger partial charge is 0.135 e. The summed E-state index contributed by atoms with van der Waals surface area (Å²) in [6, 6.07) is 45.3. The summed E-state index contributed by atoms with van der Waals surface area (Å²) in [4.78, 5) is 0. The third-order valence-electron chi connectivity index (χ3n) is 5.24. The van der Waals surface area contributed by atoms with Gasteiger partial charge in [-0.05, 0) is 24.3 Å². The van der Waals surface area contributed by atoms with E-state index >= 15 is 0 Å². The lowest BCUT2D eigenvalue weighted by atomic mass is 10.2. The van der Waals surface area contributed by atoms with Crippen LogP contribution in [0.15, 0.2) is 138 Å². The second kappa shape index (κ2) is 9.51. The molecule has 0 spiro atoms. The van der Waals surface area contributed by atoms with Gasteiger partial charge in [-0.25, -0.2) is 0 Å². The maximum Gasteiger partial charge on any atom is 0.135 e. The highest BCUT2D eigenvalue weighted by molar-refractivity contribution is 7.25. The minimum absolute atomic E-state index is 0.962. The van der Waals surface area contributed by atoms with E-state index in [2.05, 4.69) is 60.7 Å². The molecule has 154 valence electrons. The van der Waals surface area contributed by atoms with Crippen LogP contribution in [0.25, 0.3) is 42.1 Å². The second-order valence-electron chi connectivity index (χ2n) is 7.34. The van der Waals surface area contributed by atoms with Crippen LogP contribution in [0.5, 0.6) is 0 Å². The van der Waals surface area contributed by atoms with Gasteiger partial charge in [-0.3, -0.25) is 0 Å². The summed E-state index contributed by atoms with van der Waals surface area (Å²) >= 11 is 1.86. The lowest BCUT2D eigenvalue weighted by Gasteiger charge is -1.88. The molecule has 0 amide bonds. The zero-order valence-electron chi connectivity index (χ0n) is 17.5. The Labute approximate surface area is 191 Å². The lowest BCUT2D eigenvalue weighted by Crippen LogP contribution is -1.62. The molecule has 7 aromatic rings. The fraction of sp³-hybridized carbons (Fsp3) is 0. The molecule has 0 fully saturated rings. The molecule has 0 saturated heterocycles. The summed E-state index contributed by atoms with van der Waals surface area (Å²) in [7, 11) is 0. The Balaban J connectivity index is 0.000000109. The summed E-state index contributed by atoms with van der Waals surface area (Å²) in [6.45, 7) is 0. The van der Waals surface area contributed by atoms with Gasteiger partial charge < -0.3 is 4.42 Å². The number of fused-ring (bicyclic) bond motifs is 6. The molecule has 1 nitrogen and oxygen atoms in total. The van der Waals surface area contributed by atoms with Gasteiger partial charge in [-0.15, -0.1) is 11.3 Å². The normalized spacial score (nSPS) is 10.5. The van der Waals surface area contributed by atoms with Crippen LogP contribution in [-0.2, 0) is 0 Å². The molecular weight excluding hydrogens is 408 g/mol. The first-order valence-electron chi connectivity index (χ1n) is 10.6. The van der Waals surface area contributed by atoms with Crippen LogP contribution >= 0.6 is 11.3 Å². The monoisotopic (exact) mass is 430 g/mol. The lowest BCUT2D eigenvalue weighted by molar-refractivity contribution is 0.669. The molecule has 2 aromatic heterocycles. The highest BCUT2D eigenvalue weighted by Gasteiger charge is 2.03. The molecule has 7 rings (SSSR count). The van der Waals surface area contributed by atoms with E-state index < -0.39 is 0 Å². The van der Waals surface area contributed by atoms with Gasteiger partial charge in [0.05, 0.1) is 0 Å². The van der Waals surface area contributed by atoms with Crippen molar-refractivity contribution in [3.8, 4) is 0 Å². The SMILES string of the molecule is c1ccc2c(c1)oc1ccccc12.c1ccc2c(c1)sc1ccccc12.c1ccccc1. The Kier molecular flexibility index (Phi) is 5.95. The summed E-state index contributed by atoms with van der Waals surface area (Å²) in [5.41, 5.74) is 1.92. The number of hydrogen-bond donors (Lipinski definition) is 0. The van der Waals surface area contributed by atoms with E-state index in [1.807, 2.05) is 84.1 Å². The molecule has 5 aromatic carbocycles. The molecule has 0 radical (unpaired) electrons. The maximum absolute atomic E-state index is 5.65. The standard InChI is InChI=1S/C12H8O.C12H8S.C6H6/c2*1-3-7-11-9(5-1)10-6-2-4-8-12(10)13-11;1-2-4-6-5-3-1/h2*1-8H;1-6H. The quantitative estimate of drug-likeness (QED) is 0.234. The van der Waals surface area contributed by atoms with Gasteiger partial charge in [-0.1, -0.05) is 109 Å². The minimum Gasteiger partial charge on any atom is -0.456 e. The molecule has 2 heterocycles. The van der Waals surface area contributed by atoms with Crippen molar-refractivity contribution in [2.45, 2.75) is 0 Å². The molecule has 0 bridgehead atoms.